The van der Waals surface area contributed by atoms with Crippen molar-refractivity contribution >= 4 is 22.3 Å². The monoisotopic (exact) mass is 241 g/mol. The summed E-state index contributed by atoms with van der Waals surface area (Å²) in [6.07, 6.45) is 4.77. The van der Waals surface area contributed by atoms with Crippen LogP contribution < -0.4 is 10.6 Å². The summed E-state index contributed by atoms with van der Waals surface area (Å²) >= 11 is 0. The van der Waals surface area contributed by atoms with Crippen LogP contribution in [0.3, 0.4) is 0 Å². The van der Waals surface area contributed by atoms with Crippen LogP contribution in [0.15, 0.2) is 18.2 Å². The molecule has 1 heterocycles. The van der Waals surface area contributed by atoms with Gasteiger partial charge in [-0.15, -0.1) is 0 Å². The SMILES string of the molecule is CN(C)c1c2c(nc3ccc(N)cc13)CCCC2. The van der Waals surface area contributed by atoms with E-state index in [-0.39, 0.29) is 0 Å². The second-order valence-corrected chi connectivity index (χ2v) is 5.26. The van der Waals surface area contributed by atoms with E-state index in [1.54, 1.807) is 0 Å². The maximum atomic E-state index is 5.92. The van der Waals surface area contributed by atoms with Gasteiger partial charge in [-0.1, -0.05) is 0 Å². The summed E-state index contributed by atoms with van der Waals surface area (Å²) in [5.74, 6) is 0. The number of nitrogens with two attached hydrogens (primary N) is 1. The highest BCUT2D eigenvalue weighted by Crippen LogP contribution is 2.35. The number of nitrogens with zero attached hydrogens (tertiary/aromatic N) is 2. The molecule has 0 unspecified atom stereocenters. The molecule has 0 atom stereocenters. The number of pyridine rings is 1. The summed E-state index contributed by atoms with van der Waals surface area (Å²) in [6, 6.07) is 6.02. The van der Waals surface area contributed by atoms with E-state index in [0.717, 1.165) is 24.0 Å². The number of aromatic nitrogens is 1. The summed E-state index contributed by atoms with van der Waals surface area (Å²) < 4.78 is 0. The minimum absolute atomic E-state index is 0.808. The summed E-state index contributed by atoms with van der Waals surface area (Å²) in [5.41, 5.74) is 11.8. The fraction of sp³-hybridized carbons (Fsp3) is 0.400. The predicted octanol–water partition coefficient (Wildman–Crippen LogP) is 2.76. The number of hydrogen-bond donors (Lipinski definition) is 1. The molecule has 3 rings (SSSR count). The smallest absolute Gasteiger partial charge is 0.0727 e. The zero-order chi connectivity index (χ0) is 12.7. The third kappa shape index (κ3) is 1.70. The quantitative estimate of drug-likeness (QED) is 0.781. The van der Waals surface area contributed by atoms with E-state index in [1.807, 2.05) is 18.2 Å². The lowest BCUT2D eigenvalue weighted by Crippen LogP contribution is -2.16. The van der Waals surface area contributed by atoms with Crippen molar-refractivity contribution in [1.29, 1.82) is 0 Å². The first-order valence-electron chi connectivity index (χ1n) is 6.55. The molecular formula is C15H19N3. The molecule has 0 saturated heterocycles. The van der Waals surface area contributed by atoms with Gasteiger partial charge < -0.3 is 10.6 Å². The van der Waals surface area contributed by atoms with Crippen molar-refractivity contribution in [2.24, 2.45) is 0 Å². The topological polar surface area (TPSA) is 42.2 Å². The first-order valence-corrected chi connectivity index (χ1v) is 6.55. The Hall–Kier alpha value is -1.77. The molecule has 2 aromatic rings. The number of nitrogen functional groups attached to an aromatic ring is 1. The number of benzene rings is 1. The van der Waals surface area contributed by atoms with Gasteiger partial charge in [-0.2, -0.15) is 0 Å². The summed E-state index contributed by atoms with van der Waals surface area (Å²) in [6.45, 7) is 0. The molecule has 0 fully saturated rings. The first kappa shape index (κ1) is 11.3. The van der Waals surface area contributed by atoms with Gasteiger partial charge in [0.2, 0.25) is 0 Å². The van der Waals surface area contributed by atoms with E-state index < -0.39 is 0 Å². The van der Waals surface area contributed by atoms with E-state index in [9.17, 15) is 0 Å². The fourth-order valence-electron chi connectivity index (χ4n) is 2.93. The van der Waals surface area contributed by atoms with Crippen LogP contribution >= 0.6 is 0 Å². The van der Waals surface area contributed by atoms with Gasteiger partial charge in [0, 0.05) is 30.9 Å². The number of fused-ring (bicyclic) bond motifs is 2. The van der Waals surface area contributed by atoms with Gasteiger partial charge in [-0.25, -0.2) is 0 Å². The Morgan fingerprint density at radius 3 is 2.72 bits per heavy atom. The van der Waals surface area contributed by atoms with Crippen molar-refractivity contribution in [3.8, 4) is 0 Å². The van der Waals surface area contributed by atoms with Gasteiger partial charge in [0.15, 0.2) is 0 Å². The summed E-state index contributed by atoms with van der Waals surface area (Å²) in [5, 5.41) is 1.18. The Kier molecular flexibility index (Phi) is 2.62. The lowest BCUT2D eigenvalue weighted by Gasteiger charge is -2.25. The van der Waals surface area contributed by atoms with Crippen LogP contribution in [-0.4, -0.2) is 19.1 Å². The molecule has 0 bridgehead atoms. The molecule has 1 aromatic heterocycles. The van der Waals surface area contributed by atoms with Gasteiger partial charge in [-0.05, 0) is 49.4 Å². The van der Waals surface area contributed by atoms with Crippen molar-refractivity contribution in [1.82, 2.24) is 4.98 Å². The van der Waals surface area contributed by atoms with E-state index in [1.165, 1.54) is 35.2 Å². The zero-order valence-electron chi connectivity index (χ0n) is 11.0. The van der Waals surface area contributed by atoms with Crippen LogP contribution in [0.4, 0.5) is 11.4 Å². The number of aryl methyl sites for hydroxylation is 1. The van der Waals surface area contributed by atoms with Crippen LogP contribution in [0.2, 0.25) is 0 Å². The van der Waals surface area contributed by atoms with Crippen LogP contribution in [0.1, 0.15) is 24.1 Å². The third-order valence-electron chi connectivity index (χ3n) is 3.70. The van der Waals surface area contributed by atoms with E-state index in [2.05, 4.69) is 19.0 Å². The fourth-order valence-corrected chi connectivity index (χ4v) is 2.93. The van der Waals surface area contributed by atoms with E-state index >= 15 is 0 Å². The lowest BCUT2D eigenvalue weighted by molar-refractivity contribution is 0.670. The average molecular weight is 241 g/mol. The standard InChI is InChI=1S/C15H19N3/c1-18(2)15-11-5-3-4-6-13(11)17-14-8-7-10(16)9-12(14)15/h7-9H,3-6,16H2,1-2H3. The Morgan fingerprint density at radius 2 is 1.94 bits per heavy atom. The minimum atomic E-state index is 0.808. The molecule has 1 aliphatic rings. The van der Waals surface area contributed by atoms with Crippen LogP contribution in [0.25, 0.3) is 10.9 Å². The van der Waals surface area contributed by atoms with Crippen LogP contribution in [0, 0.1) is 0 Å². The Morgan fingerprint density at radius 1 is 1.17 bits per heavy atom. The molecule has 0 spiro atoms. The summed E-state index contributed by atoms with van der Waals surface area (Å²) in [4.78, 5) is 7.02. The largest absolute Gasteiger partial charge is 0.399 e. The van der Waals surface area contributed by atoms with Gasteiger partial charge in [0.05, 0.1) is 11.2 Å². The van der Waals surface area contributed by atoms with Crippen molar-refractivity contribution in [2.45, 2.75) is 25.7 Å². The molecule has 0 radical (unpaired) electrons. The molecule has 18 heavy (non-hydrogen) atoms. The van der Waals surface area contributed by atoms with Gasteiger partial charge in [-0.3, -0.25) is 4.98 Å². The number of hydrogen-bond acceptors (Lipinski definition) is 3. The summed E-state index contributed by atoms with van der Waals surface area (Å²) in [7, 11) is 4.21. The second kappa shape index (κ2) is 4.16. The highest BCUT2D eigenvalue weighted by molar-refractivity contribution is 5.95. The van der Waals surface area contributed by atoms with Crippen molar-refractivity contribution in [2.75, 3.05) is 24.7 Å². The maximum absolute atomic E-state index is 5.92. The Labute approximate surface area is 108 Å². The van der Waals surface area contributed by atoms with Gasteiger partial charge in [0.25, 0.3) is 0 Å². The molecule has 3 heteroatoms. The van der Waals surface area contributed by atoms with E-state index in [4.69, 9.17) is 10.7 Å². The molecular weight excluding hydrogens is 222 g/mol. The molecule has 0 amide bonds. The van der Waals surface area contributed by atoms with Crippen LogP contribution in [-0.2, 0) is 12.8 Å². The average Bonchev–Trinajstić information content (AvgIpc) is 2.35. The first-order chi connectivity index (χ1) is 8.66. The number of rotatable bonds is 1. The molecule has 1 aromatic carbocycles. The molecule has 0 saturated carbocycles. The minimum Gasteiger partial charge on any atom is -0.399 e. The van der Waals surface area contributed by atoms with Gasteiger partial charge in [0.1, 0.15) is 0 Å². The highest BCUT2D eigenvalue weighted by Gasteiger charge is 2.19. The second-order valence-electron chi connectivity index (χ2n) is 5.26. The van der Waals surface area contributed by atoms with Crippen LogP contribution in [0.5, 0.6) is 0 Å². The zero-order valence-corrected chi connectivity index (χ0v) is 11.0. The molecule has 3 nitrogen and oxygen atoms in total. The number of anilines is 2. The maximum Gasteiger partial charge on any atom is 0.0727 e. The Balaban J connectivity index is 2.37. The third-order valence-corrected chi connectivity index (χ3v) is 3.70. The molecule has 1 aliphatic carbocycles. The predicted molar refractivity (Wildman–Crippen MR) is 77.1 cm³/mol. The molecule has 2 N–H and O–H groups in total. The van der Waals surface area contributed by atoms with Crippen molar-refractivity contribution < 1.29 is 0 Å². The van der Waals surface area contributed by atoms with E-state index in [0.29, 0.717) is 0 Å². The highest BCUT2D eigenvalue weighted by atomic mass is 15.1. The normalized spacial score (nSPS) is 14.6. The van der Waals surface area contributed by atoms with Crippen molar-refractivity contribution in [3.05, 3.63) is 29.5 Å². The van der Waals surface area contributed by atoms with Gasteiger partial charge >= 0.3 is 0 Å². The molecule has 94 valence electrons. The lowest BCUT2D eigenvalue weighted by atomic mass is 9.92. The molecule has 0 aliphatic heterocycles. The van der Waals surface area contributed by atoms with Crippen molar-refractivity contribution in [3.63, 3.8) is 0 Å². The Bertz CT molecular complexity index is 602.